The molecule has 2 rings (SSSR count). The van der Waals surface area contributed by atoms with Gasteiger partial charge < -0.3 is 9.15 Å². The Morgan fingerprint density at radius 1 is 1.58 bits per heavy atom. The summed E-state index contributed by atoms with van der Waals surface area (Å²) in [5, 5.41) is 0. The van der Waals surface area contributed by atoms with E-state index in [1.54, 1.807) is 0 Å². The van der Waals surface area contributed by atoms with Gasteiger partial charge in [-0.3, -0.25) is 4.79 Å². The molecule has 1 saturated heterocycles. The molecule has 1 atom stereocenters. The van der Waals surface area contributed by atoms with Gasteiger partial charge in [0.15, 0.2) is 11.6 Å². The summed E-state index contributed by atoms with van der Waals surface area (Å²) >= 11 is 0. The van der Waals surface area contributed by atoms with Crippen LogP contribution in [0.1, 0.15) is 29.7 Å². The minimum atomic E-state index is -3.67. The van der Waals surface area contributed by atoms with Crippen LogP contribution in [0.4, 0.5) is 0 Å². The number of hydrogen-bond donors (Lipinski definition) is 1. The molecule has 0 unspecified atom stereocenters. The maximum absolute atomic E-state index is 11.8. The fraction of sp³-hybridized carbons (Fsp3) is 0.636. The summed E-state index contributed by atoms with van der Waals surface area (Å²) in [7, 11) is -3.67. The van der Waals surface area contributed by atoms with Gasteiger partial charge in [0.05, 0.1) is 12.4 Å². The normalized spacial score (nSPS) is 19.5. The van der Waals surface area contributed by atoms with Crippen molar-refractivity contribution in [2.45, 2.75) is 19.8 Å². The zero-order chi connectivity index (χ0) is 13.9. The van der Waals surface area contributed by atoms with E-state index in [0.717, 1.165) is 6.26 Å². The van der Waals surface area contributed by atoms with Crippen LogP contribution in [0.5, 0.6) is 0 Å². The highest BCUT2D eigenvalue weighted by Gasteiger charge is 2.25. The molecule has 19 heavy (non-hydrogen) atoms. The maximum Gasteiger partial charge on any atom is 0.286 e. The average Bonchev–Trinajstić information content (AvgIpc) is 2.97. The van der Waals surface area contributed by atoms with Crippen molar-refractivity contribution >= 4 is 15.9 Å². The minimum Gasteiger partial charge on any atom is -0.448 e. The molecule has 8 heteroatoms. The van der Waals surface area contributed by atoms with Crippen molar-refractivity contribution in [3.63, 3.8) is 0 Å². The highest BCUT2D eigenvalue weighted by Crippen LogP contribution is 2.14. The van der Waals surface area contributed by atoms with Crippen LogP contribution >= 0.6 is 0 Å². The van der Waals surface area contributed by atoms with Crippen molar-refractivity contribution in [1.82, 2.24) is 9.71 Å². The van der Waals surface area contributed by atoms with Crippen LogP contribution in [0.3, 0.4) is 0 Å². The van der Waals surface area contributed by atoms with Gasteiger partial charge in [0, 0.05) is 18.9 Å². The summed E-state index contributed by atoms with van der Waals surface area (Å²) in [6.07, 6.45) is 2.39. The molecule has 0 bridgehead atoms. The van der Waals surface area contributed by atoms with Crippen molar-refractivity contribution < 1.29 is 22.4 Å². The van der Waals surface area contributed by atoms with Crippen molar-refractivity contribution in [3.8, 4) is 0 Å². The van der Waals surface area contributed by atoms with E-state index in [-0.39, 0.29) is 17.4 Å². The lowest BCUT2D eigenvalue weighted by atomic mass is 10.2. The molecule has 0 aliphatic carbocycles. The summed E-state index contributed by atoms with van der Waals surface area (Å²) in [4.78, 5) is 15.6. The van der Waals surface area contributed by atoms with Crippen molar-refractivity contribution in [2.75, 3.05) is 19.0 Å². The molecule has 1 amide bonds. The third-order valence-corrected chi connectivity index (χ3v) is 4.22. The van der Waals surface area contributed by atoms with Gasteiger partial charge in [-0.2, -0.15) is 0 Å². The molecule has 7 nitrogen and oxygen atoms in total. The Kier molecular flexibility index (Phi) is 4.20. The molecule has 0 aromatic carbocycles. The number of oxazole rings is 1. The van der Waals surface area contributed by atoms with Gasteiger partial charge in [0.2, 0.25) is 10.0 Å². The Balaban J connectivity index is 1.96. The highest BCUT2D eigenvalue weighted by atomic mass is 32.2. The predicted molar refractivity (Wildman–Crippen MR) is 66.1 cm³/mol. The van der Waals surface area contributed by atoms with E-state index in [9.17, 15) is 13.2 Å². The molecule has 1 aromatic heterocycles. The van der Waals surface area contributed by atoms with Gasteiger partial charge >= 0.3 is 0 Å². The zero-order valence-corrected chi connectivity index (χ0v) is 11.4. The number of ether oxygens (including phenoxy) is 1. The number of nitrogens with zero attached hydrogens (tertiary/aromatic N) is 1. The smallest absolute Gasteiger partial charge is 0.286 e. The molecule has 1 aromatic rings. The topological polar surface area (TPSA) is 98.5 Å². The predicted octanol–water partition coefficient (Wildman–Crippen LogP) is 0.333. The van der Waals surface area contributed by atoms with Gasteiger partial charge in [-0.05, 0) is 6.42 Å². The number of nitrogens with one attached hydrogen (secondary N) is 1. The first kappa shape index (κ1) is 14.0. The van der Waals surface area contributed by atoms with Gasteiger partial charge in [0.25, 0.3) is 5.91 Å². The lowest BCUT2D eigenvalue weighted by Gasteiger charge is -2.08. The van der Waals surface area contributed by atoms with Crippen molar-refractivity contribution in [1.29, 1.82) is 0 Å². The minimum absolute atomic E-state index is 0.0249. The molecule has 0 radical (unpaired) electrons. The Morgan fingerprint density at radius 3 is 2.95 bits per heavy atom. The van der Waals surface area contributed by atoms with Crippen LogP contribution in [0, 0.1) is 5.92 Å². The number of aromatic nitrogens is 1. The summed E-state index contributed by atoms with van der Waals surface area (Å²) in [5.41, 5.74) is -0.0249. The van der Waals surface area contributed by atoms with Crippen LogP contribution in [-0.2, 0) is 21.2 Å². The quantitative estimate of drug-likeness (QED) is 0.838. The fourth-order valence-corrected chi connectivity index (χ4v) is 3.19. The van der Waals surface area contributed by atoms with E-state index < -0.39 is 15.9 Å². The lowest BCUT2D eigenvalue weighted by molar-refractivity contribution is 0.0976. The molecular weight excluding hydrogens is 272 g/mol. The Bertz CT molecular complexity index is 545. The third kappa shape index (κ3) is 3.77. The summed E-state index contributed by atoms with van der Waals surface area (Å²) < 4.78 is 35.7. The van der Waals surface area contributed by atoms with Crippen molar-refractivity contribution in [3.05, 3.63) is 17.8 Å². The highest BCUT2D eigenvalue weighted by molar-refractivity contribution is 7.90. The third-order valence-electron chi connectivity index (χ3n) is 2.81. The van der Waals surface area contributed by atoms with Gasteiger partial charge in [-0.25, -0.2) is 18.1 Å². The number of carbonyl (C=O) groups is 1. The molecule has 1 aliphatic rings. The van der Waals surface area contributed by atoms with Crippen LogP contribution in [-0.4, -0.2) is 38.3 Å². The second-order valence-corrected chi connectivity index (χ2v) is 6.19. The molecular formula is C11H16N2O5S. The van der Waals surface area contributed by atoms with Gasteiger partial charge in [0.1, 0.15) is 6.26 Å². The van der Waals surface area contributed by atoms with E-state index in [1.807, 2.05) is 11.6 Å². The Morgan fingerprint density at radius 2 is 2.37 bits per heavy atom. The fourth-order valence-electron chi connectivity index (χ4n) is 1.84. The van der Waals surface area contributed by atoms with Crippen LogP contribution < -0.4 is 4.72 Å². The number of aryl methyl sites for hydroxylation is 1. The first-order chi connectivity index (χ1) is 9.00. The number of rotatable bonds is 5. The zero-order valence-electron chi connectivity index (χ0n) is 10.6. The molecule has 1 fully saturated rings. The molecule has 0 spiro atoms. The number of carbonyl (C=O) groups excluding carboxylic acids is 1. The van der Waals surface area contributed by atoms with E-state index in [1.165, 1.54) is 0 Å². The largest absolute Gasteiger partial charge is 0.448 e. The molecule has 0 saturated carbocycles. The second-order valence-electron chi connectivity index (χ2n) is 4.42. The van der Waals surface area contributed by atoms with E-state index >= 15 is 0 Å². The van der Waals surface area contributed by atoms with E-state index in [2.05, 4.69) is 4.98 Å². The SMILES string of the molecule is CCc1nc(C(=O)NS(=O)(=O)C[C@H]2CCOC2)co1. The molecule has 1 N–H and O–H groups in total. The summed E-state index contributed by atoms with van der Waals surface area (Å²) in [5.74, 6) is -0.542. The number of amides is 1. The van der Waals surface area contributed by atoms with E-state index in [4.69, 9.17) is 9.15 Å². The molecule has 2 heterocycles. The molecule has 1 aliphatic heterocycles. The average molecular weight is 288 g/mol. The summed E-state index contributed by atoms with van der Waals surface area (Å²) in [6.45, 7) is 2.81. The van der Waals surface area contributed by atoms with E-state index in [0.29, 0.717) is 31.9 Å². The number of hydrogen-bond acceptors (Lipinski definition) is 6. The summed E-state index contributed by atoms with van der Waals surface area (Å²) in [6, 6.07) is 0. The lowest BCUT2D eigenvalue weighted by Crippen LogP contribution is -2.35. The monoisotopic (exact) mass is 288 g/mol. The van der Waals surface area contributed by atoms with Crippen LogP contribution in [0.2, 0.25) is 0 Å². The molecule has 106 valence electrons. The van der Waals surface area contributed by atoms with Crippen molar-refractivity contribution in [2.24, 2.45) is 5.92 Å². The van der Waals surface area contributed by atoms with Crippen LogP contribution in [0.25, 0.3) is 0 Å². The second kappa shape index (κ2) is 5.70. The Hall–Kier alpha value is -1.41. The standard InChI is InChI=1S/C11H16N2O5S/c1-2-10-12-9(6-18-10)11(14)13-19(15,16)7-8-3-4-17-5-8/h6,8H,2-5,7H2,1H3,(H,13,14)/t8-/m0/s1. The van der Waals surface area contributed by atoms with Gasteiger partial charge in [-0.1, -0.05) is 6.92 Å². The van der Waals surface area contributed by atoms with Gasteiger partial charge in [-0.15, -0.1) is 0 Å². The maximum atomic E-state index is 11.8. The first-order valence-corrected chi connectivity index (χ1v) is 7.72. The first-order valence-electron chi connectivity index (χ1n) is 6.07. The number of sulfonamides is 1. The Labute approximate surface area is 111 Å². The van der Waals surface area contributed by atoms with Crippen LogP contribution in [0.15, 0.2) is 10.7 Å².